The summed E-state index contributed by atoms with van der Waals surface area (Å²) < 4.78 is 5.61. The molecule has 0 spiro atoms. The minimum absolute atomic E-state index is 0.113. The fourth-order valence-corrected chi connectivity index (χ4v) is 3.42. The second-order valence-corrected chi connectivity index (χ2v) is 7.23. The zero-order valence-electron chi connectivity index (χ0n) is 16.7. The van der Waals surface area contributed by atoms with Gasteiger partial charge in [0.15, 0.2) is 5.78 Å². The molecule has 0 radical (unpaired) electrons. The summed E-state index contributed by atoms with van der Waals surface area (Å²) in [6.07, 6.45) is 6.15. The molecule has 1 aromatic carbocycles. The lowest BCUT2D eigenvalue weighted by atomic mass is 10.1. The molecule has 1 saturated heterocycles. The van der Waals surface area contributed by atoms with E-state index in [0.29, 0.717) is 18.7 Å². The van der Waals surface area contributed by atoms with Crippen LogP contribution in [0.15, 0.2) is 54.4 Å². The molecular weight excluding hydrogens is 386 g/mol. The lowest BCUT2D eigenvalue weighted by Gasteiger charge is -2.32. The number of hydrogen-bond donors (Lipinski definition) is 0. The zero-order chi connectivity index (χ0) is 21.5. The molecule has 2 aromatic rings. The van der Waals surface area contributed by atoms with E-state index in [1.165, 1.54) is 31.2 Å². The van der Waals surface area contributed by atoms with Crippen LogP contribution in [-0.4, -0.2) is 45.8 Å². The number of Topliss-reactive ketones (excluding diaryl/α,β-unsaturated/α-hetero) is 1. The number of carbonyl (C=O) groups is 2. The number of ketones is 1. The molecule has 0 aliphatic carbocycles. The Balaban J connectivity index is 1.68. The van der Waals surface area contributed by atoms with Crippen LogP contribution in [0.5, 0.6) is 0 Å². The van der Waals surface area contributed by atoms with Crippen LogP contribution in [0, 0.1) is 10.1 Å². The zero-order valence-corrected chi connectivity index (χ0v) is 16.7. The highest BCUT2D eigenvalue weighted by Crippen LogP contribution is 2.20. The van der Waals surface area contributed by atoms with Crippen molar-refractivity contribution in [2.75, 3.05) is 13.1 Å². The second-order valence-electron chi connectivity index (χ2n) is 7.23. The van der Waals surface area contributed by atoms with Crippen molar-refractivity contribution in [1.29, 1.82) is 0 Å². The molecule has 1 aliphatic rings. The Bertz CT molecular complexity index is 958. The van der Waals surface area contributed by atoms with Crippen molar-refractivity contribution in [3.63, 3.8) is 0 Å². The van der Waals surface area contributed by atoms with Gasteiger partial charge in [0.2, 0.25) is 0 Å². The first-order valence-corrected chi connectivity index (χ1v) is 9.71. The largest absolute Gasteiger partial charge is 0.457 e. The number of benzene rings is 1. The van der Waals surface area contributed by atoms with E-state index in [4.69, 9.17) is 4.74 Å². The fourth-order valence-electron chi connectivity index (χ4n) is 3.42. The highest BCUT2D eigenvalue weighted by molar-refractivity contribution is 6.19. The number of nitro groups is 1. The molecule has 0 saturated carbocycles. The van der Waals surface area contributed by atoms with Crippen LogP contribution in [0.1, 0.15) is 30.9 Å². The lowest BCUT2D eigenvalue weighted by molar-refractivity contribution is -0.384. The maximum Gasteiger partial charge on any atom is 0.342 e. The molecule has 1 aromatic heterocycles. The van der Waals surface area contributed by atoms with Gasteiger partial charge < -0.3 is 4.74 Å². The number of non-ortho nitro benzene ring substituents is 1. The quantitative estimate of drug-likeness (QED) is 0.173. The van der Waals surface area contributed by atoms with Crippen LogP contribution in [-0.2, 0) is 20.9 Å². The first kappa shape index (κ1) is 21.3. The molecule has 156 valence electrons. The molecule has 8 nitrogen and oxygen atoms in total. The van der Waals surface area contributed by atoms with Crippen LogP contribution in [0.4, 0.5) is 5.69 Å². The normalized spacial score (nSPS) is 17.4. The number of aromatic nitrogens is 1. The Kier molecular flexibility index (Phi) is 7.03. The Hall–Kier alpha value is -3.39. The van der Waals surface area contributed by atoms with Gasteiger partial charge in [0.1, 0.15) is 11.7 Å². The number of nitro benzene ring substituents is 1. The summed E-state index contributed by atoms with van der Waals surface area (Å²) in [6.45, 7) is 3.46. The van der Waals surface area contributed by atoms with Crippen LogP contribution in [0.2, 0.25) is 0 Å². The van der Waals surface area contributed by atoms with Crippen molar-refractivity contribution in [1.82, 2.24) is 9.88 Å². The summed E-state index contributed by atoms with van der Waals surface area (Å²) in [7, 11) is 0. The number of likely N-dealkylation sites (tertiary alicyclic amines) is 1. The molecule has 1 fully saturated rings. The summed E-state index contributed by atoms with van der Waals surface area (Å²) in [6, 6.07) is 9.64. The maximum absolute atomic E-state index is 12.7. The van der Waals surface area contributed by atoms with E-state index in [2.05, 4.69) is 9.88 Å². The van der Waals surface area contributed by atoms with Gasteiger partial charge in [-0.15, -0.1) is 0 Å². The molecule has 3 rings (SSSR count). The van der Waals surface area contributed by atoms with Crippen LogP contribution in [0.25, 0.3) is 6.08 Å². The summed E-state index contributed by atoms with van der Waals surface area (Å²) in [5.74, 6) is -1.16. The number of rotatable bonds is 7. The van der Waals surface area contributed by atoms with Crippen molar-refractivity contribution < 1.29 is 19.2 Å². The molecule has 0 bridgehead atoms. The molecular formula is C22H23N3O5. The third-order valence-corrected chi connectivity index (χ3v) is 4.86. The summed E-state index contributed by atoms with van der Waals surface area (Å²) in [5.41, 5.74) is 1.24. The monoisotopic (exact) mass is 409 g/mol. The first-order chi connectivity index (χ1) is 14.4. The molecule has 0 amide bonds. The van der Waals surface area contributed by atoms with Crippen LogP contribution < -0.4 is 0 Å². The Morgan fingerprint density at radius 2 is 2.17 bits per heavy atom. The minimum Gasteiger partial charge on any atom is -0.457 e. The van der Waals surface area contributed by atoms with E-state index in [1.807, 2.05) is 18.3 Å². The predicted octanol–water partition coefficient (Wildman–Crippen LogP) is 3.17. The standard InChI is InChI=1S/C22H23N3O5/c1-16(26)21(12-17-5-2-7-19(11-17)25(28)29)22(27)30-20-8-4-10-24(15-20)14-18-6-3-9-23-13-18/h2-3,5-7,9,11-13,20H,4,8,10,14-15H2,1H3. The summed E-state index contributed by atoms with van der Waals surface area (Å²) in [5, 5.41) is 10.9. The number of piperidine rings is 1. The van der Waals surface area contributed by atoms with E-state index in [9.17, 15) is 19.7 Å². The van der Waals surface area contributed by atoms with Gasteiger partial charge in [0, 0.05) is 37.6 Å². The van der Waals surface area contributed by atoms with Gasteiger partial charge in [0.05, 0.1) is 4.92 Å². The Morgan fingerprint density at radius 3 is 2.87 bits per heavy atom. The predicted molar refractivity (Wildman–Crippen MR) is 110 cm³/mol. The van der Waals surface area contributed by atoms with Gasteiger partial charge in [-0.25, -0.2) is 4.79 Å². The highest BCUT2D eigenvalue weighted by Gasteiger charge is 2.26. The maximum atomic E-state index is 12.7. The van der Waals surface area contributed by atoms with E-state index >= 15 is 0 Å². The molecule has 8 heteroatoms. The second kappa shape index (κ2) is 9.89. The highest BCUT2D eigenvalue weighted by atomic mass is 16.6. The topological polar surface area (TPSA) is 103 Å². The third kappa shape index (κ3) is 5.81. The van der Waals surface area contributed by atoms with Gasteiger partial charge in [-0.05, 0) is 49.6 Å². The van der Waals surface area contributed by atoms with Crippen molar-refractivity contribution in [2.45, 2.75) is 32.4 Å². The molecule has 2 heterocycles. The fraction of sp³-hybridized carbons (Fsp3) is 0.318. The number of pyridine rings is 1. The molecule has 1 aliphatic heterocycles. The third-order valence-electron chi connectivity index (χ3n) is 4.86. The average Bonchev–Trinajstić information content (AvgIpc) is 2.73. The number of carbonyl (C=O) groups excluding carboxylic acids is 2. The molecule has 30 heavy (non-hydrogen) atoms. The number of nitrogens with zero attached hydrogens (tertiary/aromatic N) is 3. The van der Waals surface area contributed by atoms with Crippen LogP contribution >= 0.6 is 0 Å². The molecule has 1 unspecified atom stereocenters. The Morgan fingerprint density at radius 1 is 1.33 bits per heavy atom. The van der Waals surface area contributed by atoms with Gasteiger partial charge in [-0.3, -0.25) is 24.8 Å². The molecule has 1 atom stereocenters. The number of ether oxygens (including phenoxy) is 1. The SMILES string of the molecule is CC(=O)C(=Cc1cccc([N+](=O)[O-])c1)C(=O)OC1CCCN(Cc2cccnc2)C1. The van der Waals surface area contributed by atoms with Crippen molar-refractivity contribution >= 4 is 23.5 Å². The summed E-state index contributed by atoms with van der Waals surface area (Å²) >= 11 is 0. The number of hydrogen-bond acceptors (Lipinski definition) is 7. The minimum atomic E-state index is -0.706. The van der Waals surface area contributed by atoms with Crippen molar-refractivity contribution in [2.24, 2.45) is 0 Å². The average molecular weight is 409 g/mol. The van der Waals surface area contributed by atoms with E-state index < -0.39 is 16.7 Å². The van der Waals surface area contributed by atoms with Crippen molar-refractivity contribution in [3.8, 4) is 0 Å². The lowest BCUT2D eigenvalue weighted by Crippen LogP contribution is -2.40. The first-order valence-electron chi connectivity index (χ1n) is 9.71. The van der Waals surface area contributed by atoms with E-state index in [-0.39, 0.29) is 17.4 Å². The number of esters is 1. The Labute approximate surface area is 174 Å². The van der Waals surface area contributed by atoms with E-state index in [1.54, 1.807) is 12.3 Å². The van der Waals surface area contributed by atoms with Crippen LogP contribution in [0.3, 0.4) is 0 Å². The smallest absolute Gasteiger partial charge is 0.342 e. The molecule has 0 N–H and O–H groups in total. The van der Waals surface area contributed by atoms with Crippen molar-refractivity contribution in [3.05, 3.63) is 75.6 Å². The summed E-state index contributed by atoms with van der Waals surface area (Å²) in [4.78, 5) is 41.4. The van der Waals surface area contributed by atoms with Gasteiger partial charge in [-0.2, -0.15) is 0 Å². The van der Waals surface area contributed by atoms with E-state index in [0.717, 1.165) is 24.9 Å². The van der Waals surface area contributed by atoms with Gasteiger partial charge in [0.25, 0.3) is 5.69 Å². The van der Waals surface area contributed by atoms with Gasteiger partial charge in [-0.1, -0.05) is 18.2 Å². The van der Waals surface area contributed by atoms with Gasteiger partial charge >= 0.3 is 5.97 Å².